The summed E-state index contributed by atoms with van der Waals surface area (Å²) < 4.78 is 7.16. The molecule has 23 heavy (non-hydrogen) atoms. The Balaban J connectivity index is 1.62. The largest absolute Gasteiger partial charge is 0.508 e. The maximum Gasteiger partial charge on any atom is 0.161 e. The van der Waals surface area contributed by atoms with Gasteiger partial charge in [0.05, 0.1) is 10.9 Å². The molecule has 2 aromatic carbocycles. The zero-order valence-electron chi connectivity index (χ0n) is 12.1. The van der Waals surface area contributed by atoms with Gasteiger partial charge in [-0.25, -0.2) is 0 Å². The van der Waals surface area contributed by atoms with Gasteiger partial charge in [0.2, 0.25) is 0 Å². The van der Waals surface area contributed by atoms with Gasteiger partial charge in [-0.15, -0.1) is 0 Å². The molecule has 0 bridgehead atoms. The van der Waals surface area contributed by atoms with Gasteiger partial charge in [-0.3, -0.25) is 5.32 Å². The molecule has 2 aliphatic rings. The van der Waals surface area contributed by atoms with Crippen LogP contribution in [0.25, 0.3) is 0 Å². The molecule has 1 fully saturated rings. The van der Waals surface area contributed by atoms with E-state index in [2.05, 4.69) is 32.6 Å². The first kappa shape index (κ1) is 14.9. The highest BCUT2D eigenvalue weighted by Crippen LogP contribution is 2.35. The Kier molecular flexibility index (Phi) is 3.75. The van der Waals surface area contributed by atoms with E-state index in [1.807, 2.05) is 24.3 Å². The number of thiocarbonyl (C=S) groups is 1. The number of aromatic hydroxyl groups is 1. The summed E-state index contributed by atoms with van der Waals surface area (Å²) in [6.45, 7) is 0. The molecule has 2 aromatic rings. The Morgan fingerprint density at radius 3 is 2.91 bits per heavy atom. The maximum atomic E-state index is 9.67. The first-order chi connectivity index (χ1) is 11.1. The monoisotopic (exact) mass is 390 g/mol. The summed E-state index contributed by atoms with van der Waals surface area (Å²) >= 11 is 9.07. The molecular formula is C17H15BrN2O2S. The van der Waals surface area contributed by atoms with Crippen molar-refractivity contribution in [3.63, 3.8) is 0 Å². The number of halogens is 1. The number of rotatable bonds is 1. The van der Waals surface area contributed by atoms with E-state index in [-0.39, 0.29) is 24.1 Å². The molecule has 3 atom stereocenters. The summed E-state index contributed by atoms with van der Waals surface area (Å²) in [4.78, 5) is 0.785. The third kappa shape index (κ3) is 2.82. The van der Waals surface area contributed by atoms with Crippen LogP contribution in [0, 0.1) is 5.92 Å². The third-order valence-corrected chi connectivity index (χ3v) is 5.15. The van der Waals surface area contributed by atoms with E-state index in [0.717, 1.165) is 32.8 Å². The zero-order valence-corrected chi connectivity index (χ0v) is 14.5. The molecule has 2 heterocycles. The van der Waals surface area contributed by atoms with Crippen LogP contribution < -0.4 is 15.4 Å². The summed E-state index contributed by atoms with van der Waals surface area (Å²) in [5.41, 5.74) is 2.08. The molecule has 0 aromatic heterocycles. The van der Waals surface area contributed by atoms with Gasteiger partial charge in [-0.1, -0.05) is 40.3 Å². The standard InChI is InChI=1S/C17H15BrN2O2S/c18-11-4-5-14-10(6-11)8-13-16(22-14)19-15(20-17(13)23)9-2-1-3-12(21)7-9/h1-7,13,15-16,19,21H,8H2,(H,20,23). The minimum atomic E-state index is -0.176. The van der Waals surface area contributed by atoms with Crippen molar-refractivity contribution in [2.45, 2.75) is 18.8 Å². The quantitative estimate of drug-likeness (QED) is 0.652. The van der Waals surface area contributed by atoms with Crippen LogP contribution in [0.4, 0.5) is 0 Å². The highest BCUT2D eigenvalue weighted by atomic mass is 79.9. The first-order valence-corrected chi connectivity index (χ1v) is 8.61. The van der Waals surface area contributed by atoms with E-state index in [1.54, 1.807) is 12.1 Å². The second kappa shape index (κ2) is 5.78. The van der Waals surface area contributed by atoms with Crippen LogP contribution in [0.3, 0.4) is 0 Å². The Labute approximate surface area is 148 Å². The lowest BCUT2D eigenvalue weighted by Gasteiger charge is -2.42. The summed E-state index contributed by atoms with van der Waals surface area (Å²) in [5.74, 6) is 1.22. The van der Waals surface area contributed by atoms with Crippen molar-refractivity contribution in [1.29, 1.82) is 0 Å². The van der Waals surface area contributed by atoms with Crippen molar-refractivity contribution >= 4 is 33.1 Å². The van der Waals surface area contributed by atoms with Crippen molar-refractivity contribution in [2.75, 3.05) is 0 Å². The number of phenolic OH excluding ortho intramolecular Hbond substituents is 1. The van der Waals surface area contributed by atoms with Gasteiger partial charge in [0.15, 0.2) is 6.23 Å². The summed E-state index contributed by atoms with van der Waals surface area (Å²) in [5, 5.41) is 16.4. The first-order valence-electron chi connectivity index (χ1n) is 7.40. The molecule has 0 radical (unpaired) electrons. The number of ether oxygens (including phenoxy) is 1. The number of benzene rings is 2. The summed E-state index contributed by atoms with van der Waals surface area (Å²) in [6.07, 6.45) is 0.489. The van der Waals surface area contributed by atoms with Gasteiger partial charge in [-0.2, -0.15) is 0 Å². The number of hydrogen-bond acceptors (Lipinski definition) is 4. The average molecular weight is 391 g/mol. The number of fused-ring (bicyclic) bond motifs is 2. The molecule has 0 amide bonds. The third-order valence-electron chi connectivity index (χ3n) is 4.24. The van der Waals surface area contributed by atoms with Crippen LogP contribution in [0.15, 0.2) is 46.9 Å². The molecule has 4 rings (SSSR count). The lowest BCUT2D eigenvalue weighted by molar-refractivity contribution is 0.0805. The second-order valence-electron chi connectivity index (χ2n) is 5.80. The molecule has 6 heteroatoms. The molecular weight excluding hydrogens is 376 g/mol. The fourth-order valence-corrected chi connectivity index (χ4v) is 3.84. The Morgan fingerprint density at radius 1 is 1.22 bits per heavy atom. The molecule has 4 nitrogen and oxygen atoms in total. The molecule has 0 spiro atoms. The van der Waals surface area contributed by atoms with Gasteiger partial charge in [0.25, 0.3) is 0 Å². The van der Waals surface area contributed by atoms with Crippen LogP contribution in [0.2, 0.25) is 0 Å². The Bertz CT molecular complexity index is 783. The summed E-state index contributed by atoms with van der Waals surface area (Å²) in [7, 11) is 0. The van der Waals surface area contributed by atoms with Gasteiger partial charge < -0.3 is 15.2 Å². The maximum absolute atomic E-state index is 9.67. The molecule has 0 saturated carbocycles. The molecule has 0 aliphatic carbocycles. The van der Waals surface area contributed by atoms with E-state index in [9.17, 15) is 5.11 Å². The topological polar surface area (TPSA) is 53.5 Å². The van der Waals surface area contributed by atoms with Crippen molar-refractivity contribution < 1.29 is 9.84 Å². The minimum absolute atomic E-state index is 0.0976. The van der Waals surface area contributed by atoms with Crippen molar-refractivity contribution in [3.8, 4) is 11.5 Å². The van der Waals surface area contributed by atoms with Crippen LogP contribution >= 0.6 is 28.1 Å². The Morgan fingerprint density at radius 2 is 2.09 bits per heavy atom. The van der Waals surface area contributed by atoms with Crippen LogP contribution in [-0.2, 0) is 6.42 Å². The van der Waals surface area contributed by atoms with E-state index < -0.39 is 0 Å². The second-order valence-corrected chi connectivity index (χ2v) is 7.16. The van der Waals surface area contributed by atoms with Crippen LogP contribution in [0.5, 0.6) is 11.5 Å². The normalized spacial score (nSPS) is 25.8. The average Bonchev–Trinajstić information content (AvgIpc) is 2.53. The van der Waals surface area contributed by atoms with E-state index >= 15 is 0 Å². The Hall–Kier alpha value is -1.63. The van der Waals surface area contributed by atoms with Crippen LogP contribution in [-0.4, -0.2) is 16.3 Å². The molecule has 2 aliphatic heterocycles. The summed E-state index contributed by atoms with van der Waals surface area (Å²) in [6, 6.07) is 13.2. The van der Waals surface area contributed by atoms with E-state index in [4.69, 9.17) is 17.0 Å². The van der Waals surface area contributed by atoms with Gasteiger partial charge in [-0.05, 0) is 47.9 Å². The van der Waals surface area contributed by atoms with Crippen molar-refractivity contribution in [1.82, 2.24) is 10.6 Å². The fourth-order valence-electron chi connectivity index (χ4n) is 3.10. The predicted octanol–water partition coefficient (Wildman–Crippen LogP) is 3.25. The lowest BCUT2D eigenvalue weighted by atomic mass is 9.91. The zero-order chi connectivity index (χ0) is 16.0. The van der Waals surface area contributed by atoms with Gasteiger partial charge in [0, 0.05) is 4.47 Å². The van der Waals surface area contributed by atoms with Gasteiger partial charge >= 0.3 is 0 Å². The highest BCUT2D eigenvalue weighted by Gasteiger charge is 2.39. The van der Waals surface area contributed by atoms with Crippen molar-refractivity contribution in [2.24, 2.45) is 5.92 Å². The SMILES string of the molecule is Oc1cccc(C2NC(=S)C3Cc4cc(Br)ccc4OC3N2)c1. The van der Waals surface area contributed by atoms with E-state index in [1.165, 1.54) is 0 Å². The van der Waals surface area contributed by atoms with E-state index in [0.29, 0.717) is 0 Å². The molecule has 3 unspecified atom stereocenters. The van der Waals surface area contributed by atoms with Crippen LogP contribution in [0.1, 0.15) is 17.3 Å². The predicted molar refractivity (Wildman–Crippen MR) is 95.5 cm³/mol. The van der Waals surface area contributed by atoms with Crippen molar-refractivity contribution in [3.05, 3.63) is 58.1 Å². The molecule has 118 valence electrons. The smallest absolute Gasteiger partial charge is 0.161 e. The fraction of sp³-hybridized carbons (Fsp3) is 0.235. The number of hydrogen-bond donors (Lipinski definition) is 3. The number of nitrogens with one attached hydrogen (secondary N) is 2. The minimum Gasteiger partial charge on any atom is -0.508 e. The lowest BCUT2D eigenvalue weighted by Crippen LogP contribution is -2.60. The number of phenols is 1. The molecule has 1 saturated heterocycles. The highest BCUT2D eigenvalue weighted by molar-refractivity contribution is 9.10. The molecule has 3 N–H and O–H groups in total. The van der Waals surface area contributed by atoms with Gasteiger partial charge in [0.1, 0.15) is 17.7 Å².